The molecule has 0 saturated heterocycles. The topological polar surface area (TPSA) is 82.6 Å². The number of methoxy groups -OCH3 is 1. The minimum atomic E-state index is -0.153. The molecule has 0 unspecified atom stereocenters. The summed E-state index contributed by atoms with van der Waals surface area (Å²) < 4.78 is 13.0. The average molecular weight is 332 g/mol. The molecule has 0 aliphatic carbocycles. The number of rotatable bonds is 8. The van der Waals surface area contributed by atoms with Gasteiger partial charge >= 0.3 is 0 Å². The summed E-state index contributed by atoms with van der Waals surface area (Å²) in [6, 6.07) is 5.28. The lowest BCUT2D eigenvalue weighted by atomic mass is 10.1. The molecule has 0 atom stereocenters. The first-order valence-electron chi connectivity index (χ1n) is 7.80. The zero-order valence-electron chi connectivity index (χ0n) is 14.4. The third kappa shape index (κ3) is 4.05. The van der Waals surface area contributed by atoms with Crippen LogP contribution in [0.4, 0.5) is 0 Å². The highest BCUT2D eigenvalue weighted by atomic mass is 16.5. The Bertz CT molecular complexity index is 684. The standard InChI is InChI=1S/C17H24N4O3/c1-20-10-9-19-15(20)12-21(2)17(22)13-6-4-7-14(23-3)16(13)24-11-5-8-18/h4,6-7,9-10H,5,8,11-12,18H2,1-3H3. The molecule has 1 heterocycles. The number of para-hydroxylation sites is 1. The molecule has 1 aromatic carbocycles. The normalized spacial score (nSPS) is 10.5. The van der Waals surface area contributed by atoms with E-state index >= 15 is 0 Å². The van der Waals surface area contributed by atoms with E-state index in [0.717, 1.165) is 5.82 Å². The van der Waals surface area contributed by atoms with Crippen molar-refractivity contribution in [3.63, 3.8) is 0 Å². The lowest BCUT2D eigenvalue weighted by molar-refractivity contribution is 0.0775. The number of amides is 1. The lowest BCUT2D eigenvalue weighted by Gasteiger charge is -2.20. The van der Waals surface area contributed by atoms with Crippen molar-refractivity contribution >= 4 is 5.91 Å². The highest BCUT2D eigenvalue weighted by Crippen LogP contribution is 2.32. The van der Waals surface area contributed by atoms with Crippen molar-refractivity contribution in [2.75, 3.05) is 27.3 Å². The Morgan fingerprint density at radius 2 is 2.21 bits per heavy atom. The third-order valence-corrected chi connectivity index (χ3v) is 3.67. The second kappa shape index (κ2) is 8.35. The highest BCUT2D eigenvalue weighted by Gasteiger charge is 2.21. The van der Waals surface area contributed by atoms with Gasteiger partial charge in [-0.25, -0.2) is 4.98 Å². The molecule has 2 N–H and O–H groups in total. The largest absolute Gasteiger partial charge is 0.493 e. The van der Waals surface area contributed by atoms with E-state index in [-0.39, 0.29) is 5.91 Å². The molecule has 7 heteroatoms. The fourth-order valence-electron chi connectivity index (χ4n) is 2.29. The molecule has 7 nitrogen and oxygen atoms in total. The van der Waals surface area contributed by atoms with E-state index < -0.39 is 0 Å². The van der Waals surface area contributed by atoms with Crippen molar-refractivity contribution in [2.24, 2.45) is 12.8 Å². The van der Waals surface area contributed by atoms with Crippen molar-refractivity contribution in [1.29, 1.82) is 0 Å². The zero-order valence-corrected chi connectivity index (χ0v) is 14.4. The summed E-state index contributed by atoms with van der Waals surface area (Å²) in [6.45, 7) is 1.36. The summed E-state index contributed by atoms with van der Waals surface area (Å²) in [7, 11) is 5.19. The molecule has 130 valence electrons. The van der Waals surface area contributed by atoms with Gasteiger partial charge < -0.3 is 24.7 Å². The van der Waals surface area contributed by atoms with Gasteiger partial charge in [0.2, 0.25) is 0 Å². The van der Waals surface area contributed by atoms with Crippen molar-refractivity contribution in [2.45, 2.75) is 13.0 Å². The van der Waals surface area contributed by atoms with Crippen LogP contribution in [0.25, 0.3) is 0 Å². The van der Waals surface area contributed by atoms with Crippen molar-refractivity contribution in [3.05, 3.63) is 42.0 Å². The van der Waals surface area contributed by atoms with Gasteiger partial charge in [0, 0.05) is 26.5 Å². The number of nitrogens with zero attached hydrogens (tertiary/aromatic N) is 3. The molecule has 0 saturated carbocycles. The fraction of sp³-hybridized carbons (Fsp3) is 0.412. The van der Waals surface area contributed by atoms with E-state index in [0.29, 0.717) is 43.2 Å². The van der Waals surface area contributed by atoms with Crippen LogP contribution in [0, 0.1) is 0 Å². The number of benzene rings is 1. The van der Waals surface area contributed by atoms with E-state index in [1.54, 1.807) is 43.5 Å². The van der Waals surface area contributed by atoms with Crippen LogP contribution < -0.4 is 15.2 Å². The van der Waals surface area contributed by atoms with E-state index in [9.17, 15) is 4.79 Å². The maximum Gasteiger partial charge on any atom is 0.257 e. The molecule has 2 aromatic rings. The van der Waals surface area contributed by atoms with Crippen LogP contribution in [0.5, 0.6) is 11.5 Å². The van der Waals surface area contributed by atoms with Crippen LogP contribution in [-0.2, 0) is 13.6 Å². The molecular weight excluding hydrogens is 308 g/mol. The van der Waals surface area contributed by atoms with Gasteiger partial charge in [-0.1, -0.05) is 6.07 Å². The first kappa shape index (κ1) is 17.8. The van der Waals surface area contributed by atoms with Gasteiger partial charge in [-0.2, -0.15) is 0 Å². The van der Waals surface area contributed by atoms with E-state index in [1.165, 1.54) is 0 Å². The minimum Gasteiger partial charge on any atom is -0.493 e. The monoisotopic (exact) mass is 332 g/mol. The number of carbonyl (C=O) groups is 1. The number of hydrogen-bond acceptors (Lipinski definition) is 5. The summed E-state index contributed by atoms with van der Waals surface area (Å²) in [6.07, 6.45) is 4.26. The van der Waals surface area contributed by atoms with Crippen LogP contribution in [-0.4, -0.2) is 47.7 Å². The van der Waals surface area contributed by atoms with Crippen LogP contribution >= 0.6 is 0 Å². The first-order chi connectivity index (χ1) is 11.6. The maximum atomic E-state index is 12.8. The molecular formula is C17H24N4O3. The lowest BCUT2D eigenvalue weighted by Crippen LogP contribution is -2.28. The Balaban J connectivity index is 2.22. The van der Waals surface area contributed by atoms with Gasteiger partial charge in [0.05, 0.1) is 25.8 Å². The van der Waals surface area contributed by atoms with Crippen LogP contribution in [0.2, 0.25) is 0 Å². The average Bonchev–Trinajstić information content (AvgIpc) is 2.99. The maximum absolute atomic E-state index is 12.8. The Morgan fingerprint density at radius 1 is 1.42 bits per heavy atom. The third-order valence-electron chi connectivity index (χ3n) is 3.67. The molecule has 1 aromatic heterocycles. The van der Waals surface area contributed by atoms with E-state index in [1.807, 2.05) is 17.8 Å². The molecule has 0 aliphatic heterocycles. The van der Waals surface area contributed by atoms with Crippen molar-refractivity contribution in [1.82, 2.24) is 14.5 Å². The second-order valence-electron chi connectivity index (χ2n) is 5.44. The molecule has 0 fully saturated rings. The highest BCUT2D eigenvalue weighted by molar-refractivity contribution is 5.97. The fourth-order valence-corrected chi connectivity index (χ4v) is 2.29. The van der Waals surface area contributed by atoms with Gasteiger partial charge in [-0.05, 0) is 25.1 Å². The summed E-state index contributed by atoms with van der Waals surface area (Å²) in [4.78, 5) is 18.7. The number of aromatic nitrogens is 2. The predicted molar refractivity (Wildman–Crippen MR) is 91.2 cm³/mol. The Hall–Kier alpha value is -2.54. The molecule has 0 aliphatic rings. The number of hydrogen-bond donors (Lipinski definition) is 1. The van der Waals surface area contributed by atoms with E-state index in [2.05, 4.69) is 4.98 Å². The molecule has 2 rings (SSSR count). The van der Waals surface area contributed by atoms with Gasteiger partial charge in [0.25, 0.3) is 5.91 Å². The Kier molecular flexibility index (Phi) is 6.20. The van der Waals surface area contributed by atoms with Crippen LogP contribution in [0.3, 0.4) is 0 Å². The predicted octanol–water partition coefficient (Wildman–Crippen LogP) is 1.43. The van der Waals surface area contributed by atoms with Crippen molar-refractivity contribution < 1.29 is 14.3 Å². The summed E-state index contributed by atoms with van der Waals surface area (Å²) in [5, 5.41) is 0. The molecule has 24 heavy (non-hydrogen) atoms. The minimum absolute atomic E-state index is 0.153. The molecule has 1 amide bonds. The van der Waals surface area contributed by atoms with Gasteiger partial charge in [-0.3, -0.25) is 4.79 Å². The van der Waals surface area contributed by atoms with Crippen LogP contribution in [0.15, 0.2) is 30.6 Å². The zero-order chi connectivity index (χ0) is 17.5. The molecule has 0 bridgehead atoms. The van der Waals surface area contributed by atoms with Crippen LogP contribution in [0.1, 0.15) is 22.6 Å². The smallest absolute Gasteiger partial charge is 0.257 e. The molecule has 0 radical (unpaired) electrons. The SMILES string of the molecule is COc1cccc(C(=O)N(C)Cc2nccn2C)c1OCCCN. The number of aryl methyl sites for hydroxylation is 1. The van der Waals surface area contributed by atoms with Gasteiger partial charge in [0.1, 0.15) is 5.82 Å². The summed E-state index contributed by atoms with van der Waals surface area (Å²) in [5.74, 6) is 1.63. The quantitative estimate of drug-likeness (QED) is 0.740. The number of ether oxygens (including phenoxy) is 2. The Labute approximate surface area is 142 Å². The second-order valence-corrected chi connectivity index (χ2v) is 5.44. The Morgan fingerprint density at radius 3 is 2.83 bits per heavy atom. The van der Waals surface area contributed by atoms with Crippen molar-refractivity contribution in [3.8, 4) is 11.5 Å². The van der Waals surface area contributed by atoms with Gasteiger partial charge in [-0.15, -0.1) is 0 Å². The number of imidazole rings is 1. The van der Waals surface area contributed by atoms with E-state index in [4.69, 9.17) is 15.2 Å². The first-order valence-corrected chi connectivity index (χ1v) is 7.80. The number of nitrogens with two attached hydrogens (primary N) is 1. The summed E-state index contributed by atoms with van der Waals surface area (Å²) >= 11 is 0. The number of carbonyl (C=O) groups excluding carboxylic acids is 1. The molecule has 0 spiro atoms. The van der Waals surface area contributed by atoms with Gasteiger partial charge in [0.15, 0.2) is 11.5 Å². The summed E-state index contributed by atoms with van der Waals surface area (Å²) in [5.41, 5.74) is 5.96.